The molecule has 0 radical (unpaired) electrons. The van der Waals surface area contributed by atoms with Crippen molar-refractivity contribution in [1.82, 2.24) is 9.80 Å². The molecule has 2 aliphatic heterocycles. The molecule has 0 bridgehead atoms. The quantitative estimate of drug-likeness (QED) is 0.609. The molecule has 4 rings (SSSR count). The third kappa shape index (κ3) is 2.49. The molecule has 132 valence electrons. The molecule has 2 heterocycles. The van der Waals surface area contributed by atoms with Crippen LogP contribution < -0.4 is 4.74 Å². The van der Waals surface area contributed by atoms with Gasteiger partial charge in [-0.15, -0.1) is 0 Å². The number of likely N-dealkylation sites (tertiary alicyclic amines) is 2. The fraction of sp³-hybridized carbons (Fsp3) is 0.500. The highest BCUT2D eigenvalue weighted by Gasteiger charge is 2.55. The standard InChI is InChI=1S/C20H24N2O3/c1-21-9-8-15-13(11-21)10-16(12-4-6-14(25-3)7-5-12)18-17(15)19(23)22(2)20(18)24/h4-7,10,15-18H,8-9,11H2,1-3H3. The molecule has 5 heteroatoms. The van der Waals surface area contributed by atoms with E-state index < -0.39 is 0 Å². The molecule has 2 fully saturated rings. The molecule has 1 aliphatic carbocycles. The van der Waals surface area contributed by atoms with Gasteiger partial charge in [0.15, 0.2) is 0 Å². The van der Waals surface area contributed by atoms with Crippen molar-refractivity contribution in [3.8, 4) is 5.75 Å². The first-order valence-electron chi connectivity index (χ1n) is 8.85. The zero-order valence-electron chi connectivity index (χ0n) is 14.9. The second kappa shape index (κ2) is 5.99. The summed E-state index contributed by atoms with van der Waals surface area (Å²) in [6, 6.07) is 7.88. The Balaban J connectivity index is 1.79. The van der Waals surface area contributed by atoms with Crippen LogP contribution in [0.3, 0.4) is 0 Å². The molecule has 0 saturated carbocycles. The molecule has 2 saturated heterocycles. The Hall–Kier alpha value is -2.14. The van der Waals surface area contributed by atoms with E-state index in [1.165, 1.54) is 10.5 Å². The minimum absolute atomic E-state index is 0.00587. The van der Waals surface area contributed by atoms with Gasteiger partial charge in [0.2, 0.25) is 11.8 Å². The molecular formula is C20H24N2O3. The Morgan fingerprint density at radius 2 is 1.72 bits per heavy atom. The number of methoxy groups -OCH3 is 1. The van der Waals surface area contributed by atoms with E-state index in [1.807, 2.05) is 24.3 Å². The lowest BCUT2D eigenvalue weighted by atomic mass is 9.64. The van der Waals surface area contributed by atoms with Gasteiger partial charge in [0, 0.05) is 19.5 Å². The number of piperidine rings is 1. The normalized spacial score (nSPS) is 32.3. The minimum atomic E-state index is -0.275. The molecule has 0 spiro atoms. The van der Waals surface area contributed by atoms with Crippen LogP contribution in [0.25, 0.3) is 0 Å². The maximum Gasteiger partial charge on any atom is 0.233 e. The maximum absolute atomic E-state index is 12.8. The zero-order valence-corrected chi connectivity index (χ0v) is 14.9. The first-order valence-corrected chi connectivity index (χ1v) is 8.85. The number of ether oxygens (including phenoxy) is 1. The largest absolute Gasteiger partial charge is 0.497 e. The average Bonchev–Trinajstić information content (AvgIpc) is 2.86. The number of nitrogens with zero attached hydrogens (tertiary/aromatic N) is 2. The van der Waals surface area contributed by atoms with Gasteiger partial charge < -0.3 is 9.64 Å². The van der Waals surface area contributed by atoms with E-state index in [4.69, 9.17) is 4.74 Å². The van der Waals surface area contributed by atoms with Gasteiger partial charge in [-0.2, -0.15) is 0 Å². The number of hydrogen-bond acceptors (Lipinski definition) is 4. The van der Waals surface area contributed by atoms with Crippen molar-refractivity contribution in [2.24, 2.45) is 17.8 Å². The number of carbonyl (C=O) groups is 2. The summed E-state index contributed by atoms with van der Waals surface area (Å²) >= 11 is 0. The monoisotopic (exact) mass is 340 g/mol. The lowest BCUT2D eigenvalue weighted by Crippen LogP contribution is -2.43. The third-order valence-corrected chi connectivity index (χ3v) is 6.08. The Morgan fingerprint density at radius 1 is 1.04 bits per heavy atom. The van der Waals surface area contributed by atoms with Gasteiger partial charge in [0.25, 0.3) is 0 Å². The molecule has 5 nitrogen and oxygen atoms in total. The van der Waals surface area contributed by atoms with Crippen molar-refractivity contribution in [3.05, 3.63) is 41.5 Å². The van der Waals surface area contributed by atoms with Crippen LogP contribution >= 0.6 is 0 Å². The molecular weight excluding hydrogens is 316 g/mol. The molecule has 0 aromatic heterocycles. The summed E-state index contributed by atoms with van der Waals surface area (Å²) in [4.78, 5) is 29.3. The zero-order chi connectivity index (χ0) is 17.7. The highest BCUT2D eigenvalue weighted by molar-refractivity contribution is 6.06. The number of allylic oxidation sites excluding steroid dienone is 1. The number of likely N-dealkylation sites (N-methyl/N-ethyl adjacent to an activating group) is 1. The summed E-state index contributed by atoms with van der Waals surface area (Å²) in [6.45, 7) is 1.86. The average molecular weight is 340 g/mol. The van der Waals surface area contributed by atoms with Gasteiger partial charge in [-0.05, 0) is 43.6 Å². The maximum atomic E-state index is 12.8. The summed E-state index contributed by atoms with van der Waals surface area (Å²) in [5, 5.41) is 0. The molecule has 4 atom stereocenters. The van der Waals surface area contributed by atoms with Gasteiger partial charge in [0.05, 0.1) is 18.9 Å². The molecule has 3 aliphatic rings. The third-order valence-electron chi connectivity index (χ3n) is 6.08. The first-order chi connectivity index (χ1) is 12.0. The van der Waals surface area contributed by atoms with Crippen molar-refractivity contribution in [3.63, 3.8) is 0 Å². The Kier molecular flexibility index (Phi) is 3.91. The van der Waals surface area contributed by atoms with E-state index in [9.17, 15) is 9.59 Å². The molecule has 1 aromatic rings. The molecule has 25 heavy (non-hydrogen) atoms. The van der Waals surface area contributed by atoms with E-state index in [0.717, 1.165) is 30.8 Å². The summed E-state index contributed by atoms with van der Waals surface area (Å²) < 4.78 is 5.25. The SMILES string of the molecule is COc1ccc(C2C=C3CN(C)CCC3C3C(=O)N(C)C(=O)C23)cc1. The van der Waals surface area contributed by atoms with Crippen LogP contribution in [0.15, 0.2) is 35.9 Å². The van der Waals surface area contributed by atoms with Crippen LogP contribution in [-0.2, 0) is 9.59 Å². The van der Waals surface area contributed by atoms with Crippen LogP contribution in [0, 0.1) is 17.8 Å². The first kappa shape index (κ1) is 16.3. The molecule has 4 unspecified atom stereocenters. The minimum Gasteiger partial charge on any atom is -0.497 e. The Morgan fingerprint density at radius 3 is 2.40 bits per heavy atom. The second-order valence-corrected chi connectivity index (χ2v) is 7.46. The van der Waals surface area contributed by atoms with Crippen molar-refractivity contribution in [2.75, 3.05) is 34.3 Å². The molecule has 2 amide bonds. The number of imide groups is 1. The van der Waals surface area contributed by atoms with Crippen LogP contribution in [-0.4, -0.2) is 55.9 Å². The number of benzene rings is 1. The molecule has 0 N–H and O–H groups in total. The van der Waals surface area contributed by atoms with E-state index >= 15 is 0 Å². The Bertz CT molecular complexity index is 740. The predicted octanol–water partition coefficient (Wildman–Crippen LogP) is 1.90. The van der Waals surface area contributed by atoms with E-state index in [2.05, 4.69) is 18.0 Å². The smallest absolute Gasteiger partial charge is 0.233 e. The molecule has 1 aromatic carbocycles. The number of fused-ring (bicyclic) bond motifs is 3. The fourth-order valence-electron chi connectivity index (χ4n) is 4.77. The number of amides is 2. The van der Waals surface area contributed by atoms with Gasteiger partial charge in [0.1, 0.15) is 5.75 Å². The van der Waals surface area contributed by atoms with Crippen LogP contribution in [0.2, 0.25) is 0 Å². The summed E-state index contributed by atoms with van der Waals surface area (Å²) in [6.07, 6.45) is 3.21. The van der Waals surface area contributed by atoms with E-state index in [0.29, 0.717) is 0 Å². The number of carbonyl (C=O) groups excluding carboxylic acids is 2. The van der Waals surface area contributed by atoms with Crippen LogP contribution in [0.4, 0.5) is 0 Å². The lowest BCUT2D eigenvalue weighted by Gasteiger charge is -2.41. The van der Waals surface area contributed by atoms with E-state index in [-0.39, 0.29) is 35.5 Å². The van der Waals surface area contributed by atoms with Crippen molar-refractivity contribution in [1.29, 1.82) is 0 Å². The summed E-state index contributed by atoms with van der Waals surface area (Å²) in [7, 11) is 5.38. The van der Waals surface area contributed by atoms with Crippen LogP contribution in [0.5, 0.6) is 5.75 Å². The number of hydrogen-bond donors (Lipinski definition) is 0. The summed E-state index contributed by atoms with van der Waals surface area (Å²) in [5.41, 5.74) is 2.39. The lowest BCUT2D eigenvalue weighted by molar-refractivity contribution is -0.138. The fourth-order valence-corrected chi connectivity index (χ4v) is 4.77. The van der Waals surface area contributed by atoms with Crippen LogP contribution in [0.1, 0.15) is 17.9 Å². The highest BCUT2D eigenvalue weighted by Crippen LogP contribution is 2.50. The predicted molar refractivity (Wildman–Crippen MR) is 94.2 cm³/mol. The highest BCUT2D eigenvalue weighted by atomic mass is 16.5. The summed E-state index contributed by atoms with van der Waals surface area (Å²) in [5.74, 6) is 0.428. The van der Waals surface area contributed by atoms with Crippen molar-refractivity contribution >= 4 is 11.8 Å². The topological polar surface area (TPSA) is 49.9 Å². The van der Waals surface area contributed by atoms with Crippen molar-refractivity contribution < 1.29 is 14.3 Å². The van der Waals surface area contributed by atoms with Gasteiger partial charge in [-0.1, -0.05) is 23.8 Å². The van der Waals surface area contributed by atoms with Crippen molar-refractivity contribution in [2.45, 2.75) is 12.3 Å². The van der Waals surface area contributed by atoms with Gasteiger partial charge in [-0.3, -0.25) is 14.5 Å². The van der Waals surface area contributed by atoms with Gasteiger partial charge >= 0.3 is 0 Å². The van der Waals surface area contributed by atoms with Gasteiger partial charge in [-0.25, -0.2) is 0 Å². The Labute approximate surface area is 148 Å². The number of rotatable bonds is 2. The van der Waals surface area contributed by atoms with E-state index in [1.54, 1.807) is 14.2 Å². The second-order valence-electron chi connectivity index (χ2n) is 7.46.